The van der Waals surface area contributed by atoms with E-state index in [0.29, 0.717) is 38.1 Å². The second-order valence-corrected chi connectivity index (χ2v) is 10.1. The van der Waals surface area contributed by atoms with Crippen molar-refractivity contribution < 1.29 is 13.9 Å². The third-order valence-electron chi connectivity index (χ3n) is 5.77. The summed E-state index contributed by atoms with van der Waals surface area (Å²) in [5.41, 5.74) is 6.41. The van der Waals surface area contributed by atoms with Crippen LogP contribution >= 0.6 is 31.9 Å². The van der Waals surface area contributed by atoms with Gasteiger partial charge in [-0.25, -0.2) is 14.8 Å². The van der Waals surface area contributed by atoms with Crippen molar-refractivity contribution in [2.45, 2.75) is 6.61 Å². The van der Waals surface area contributed by atoms with Gasteiger partial charge in [-0.1, -0.05) is 82.7 Å². The number of nitrogens with one attached hydrogen (secondary N) is 1. The van der Waals surface area contributed by atoms with E-state index < -0.39 is 0 Å². The van der Waals surface area contributed by atoms with Crippen molar-refractivity contribution in [3.63, 3.8) is 0 Å². The molecule has 5 nitrogen and oxygen atoms in total. The van der Waals surface area contributed by atoms with Gasteiger partial charge in [-0.3, -0.25) is 4.79 Å². The molecule has 5 aromatic rings. The van der Waals surface area contributed by atoms with Crippen molar-refractivity contribution in [3.8, 4) is 17.0 Å². The van der Waals surface area contributed by atoms with Gasteiger partial charge in [-0.05, 0) is 46.3 Å². The Kier molecular flexibility index (Phi) is 7.91. The van der Waals surface area contributed by atoms with Crippen LogP contribution in [0.4, 0.5) is 4.39 Å². The lowest BCUT2D eigenvalue weighted by molar-refractivity contribution is 0.0956. The molecular weight excluding hydrogens is 613 g/mol. The minimum atomic E-state index is -0.375. The first-order valence-electron chi connectivity index (χ1n) is 11.6. The SMILES string of the molecule is O=C(N/N=C\c1cc(Br)cc(Br)c1OCc1ccccc1F)c1cc(-c2ccccc2)nc2ccccc12. The van der Waals surface area contributed by atoms with Crippen LogP contribution in [-0.2, 0) is 6.61 Å². The van der Waals surface area contributed by atoms with E-state index in [-0.39, 0.29) is 18.3 Å². The Bertz CT molecular complexity index is 1660. The topological polar surface area (TPSA) is 63.6 Å². The summed E-state index contributed by atoms with van der Waals surface area (Å²) >= 11 is 6.97. The number of fused-ring (bicyclic) bond motifs is 1. The zero-order valence-corrected chi connectivity index (χ0v) is 23.0. The molecule has 1 amide bonds. The van der Waals surface area contributed by atoms with Gasteiger partial charge >= 0.3 is 0 Å². The zero-order valence-electron chi connectivity index (χ0n) is 19.9. The summed E-state index contributed by atoms with van der Waals surface area (Å²) in [4.78, 5) is 18.0. The van der Waals surface area contributed by atoms with Crippen molar-refractivity contribution in [3.05, 3.63) is 129 Å². The van der Waals surface area contributed by atoms with Crippen LogP contribution in [-0.4, -0.2) is 17.1 Å². The van der Waals surface area contributed by atoms with Crippen molar-refractivity contribution in [1.29, 1.82) is 0 Å². The number of nitrogens with zero attached hydrogens (tertiary/aromatic N) is 2. The van der Waals surface area contributed by atoms with Gasteiger partial charge in [0.25, 0.3) is 5.91 Å². The fourth-order valence-electron chi connectivity index (χ4n) is 3.93. The number of para-hydroxylation sites is 1. The number of carbonyl (C=O) groups is 1. The van der Waals surface area contributed by atoms with E-state index in [1.807, 2.05) is 60.7 Å². The van der Waals surface area contributed by atoms with Crippen molar-refractivity contribution in [2.24, 2.45) is 5.10 Å². The Balaban J connectivity index is 1.41. The van der Waals surface area contributed by atoms with E-state index in [4.69, 9.17) is 9.72 Å². The molecule has 38 heavy (non-hydrogen) atoms. The number of hydrazone groups is 1. The van der Waals surface area contributed by atoms with Crippen LogP contribution in [0.5, 0.6) is 5.75 Å². The van der Waals surface area contributed by atoms with Crippen LogP contribution < -0.4 is 10.2 Å². The molecule has 0 fully saturated rings. The van der Waals surface area contributed by atoms with E-state index in [9.17, 15) is 9.18 Å². The molecule has 1 aromatic heterocycles. The summed E-state index contributed by atoms with van der Waals surface area (Å²) in [6.45, 7) is 0.0331. The standard InChI is InChI=1S/C30H20Br2FN3O2/c31-22-14-21(29(25(32)15-22)38-18-20-10-4-6-12-26(20)33)17-34-36-30(37)24-16-28(19-8-2-1-3-9-19)35-27-13-7-5-11-23(24)27/h1-17H,18H2,(H,36,37)/b34-17-. The van der Waals surface area contributed by atoms with Crippen LogP contribution in [0, 0.1) is 5.82 Å². The molecule has 4 aromatic carbocycles. The Hall–Kier alpha value is -3.88. The summed E-state index contributed by atoms with van der Waals surface area (Å²) in [6, 6.07) is 29.0. The maximum absolute atomic E-state index is 14.1. The maximum Gasteiger partial charge on any atom is 0.272 e. The molecular formula is C30H20Br2FN3O2. The monoisotopic (exact) mass is 631 g/mol. The normalized spacial score (nSPS) is 11.1. The van der Waals surface area contributed by atoms with Gasteiger partial charge < -0.3 is 4.74 Å². The van der Waals surface area contributed by atoms with Crippen LogP contribution in [0.15, 0.2) is 111 Å². The summed E-state index contributed by atoms with van der Waals surface area (Å²) in [5.74, 6) is -0.252. The van der Waals surface area contributed by atoms with Crippen molar-refractivity contribution in [1.82, 2.24) is 10.4 Å². The smallest absolute Gasteiger partial charge is 0.272 e. The number of ether oxygens (including phenoxy) is 1. The fourth-order valence-corrected chi connectivity index (χ4v) is 5.31. The number of hydrogen-bond acceptors (Lipinski definition) is 4. The molecule has 0 radical (unpaired) electrons. The minimum Gasteiger partial charge on any atom is -0.487 e. The summed E-state index contributed by atoms with van der Waals surface area (Å²) in [6.07, 6.45) is 1.49. The number of rotatable bonds is 7. The van der Waals surface area contributed by atoms with Crippen LogP contribution in [0.25, 0.3) is 22.2 Å². The van der Waals surface area contributed by atoms with Crippen molar-refractivity contribution >= 4 is 54.9 Å². The number of carbonyl (C=O) groups excluding carboxylic acids is 1. The van der Waals surface area contributed by atoms with Gasteiger partial charge in [0.05, 0.1) is 27.5 Å². The Labute approximate surface area is 235 Å². The Morgan fingerprint density at radius 1 is 0.947 bits per heavy atom. The molecule has 0 aliphatic rings. The largest absolute Gasteiger partial charge is 0.487 e. The molecule has 8 heteroatoms. The lowest BCUT2D eigenvalue weighted by Gasteiger charge is -2.12. The van der Waals surface area contributed by atoms with Gasteiger partial charge in [0, 0.05) is 26.5 Å². The van der Waals surface area contributed by atoms with Crippen molar-refractivity contribution in [2.75, 3.05) is 0 Å². The number of halogens is 3. The first-order chi connectivity index (χ1) is 18.5. The quantitative estimate of drug-likeness (QED) is 0.146. The molecule has 0 aliphatic heterocycles. The molecule has 0 bridgehead atoms. The predicted octanol–water partition coefficient (Wildman–Crippen LogP) is 7.91. The average Bonchev–Trinajstić information content (AvgIpc) is 2.93. The second-order valence-electron chi connectivity index (χ2n) is 8.32. The zero-order chi connectivity index (χ0) is 26.5. The molecule has 0 unspecified atom stereocenters. The average molecular weight is 633 g/mol. The van der Waals surface area contributed by atoms with Crippen LogP contribution in [0.3, 0.4) is 0 Å². The highest BCUT2D eigenvalue weighted by Crippen LogP contribution is 2.33. The van der Waals surface area contributed by atoms with Gasteiger partial charge in [-0.2, -0.15) is 5.10 Å². The highest BCUT2D eigenvalue weighted by atomic mass is 79.9. The highest BCUT2D eigenvalue weighted by Gasteiger charge is 2.14. The maximum atomic E-state index is 14.1. The molecule has 0 spiro atoms. The number of amides is 1. The first-order valence-corrected chi connectivity index (χ1v) is 13.2. The van der Waals surface area contributed by atoms with E-state index >= 15 is 0 Å². The second kappa shape index (κ2) is 11.7. The molecule has 1 N–H and O–H groups in total. The third-order valence-corrected chi connectivity index (χ3v) is 6.81. The molecule has 0 atom stereocenters. The summed E-state index contributed by atoms with van der Waals surface area (Å²) in [5, 5.41) is 4.92. The van der Waals surface area contributed by atoms with E-state index in [0.717, 1.165) is 15.4 Å². The van der Waals surface area contributed by atoms with Crippen LogP contribution in [0.2, 0.25) is 0 Å². The lowest BCUT2D eigenvalue weighted by atomic mass is 10.0. The predicted molar refractivity (Wildman–Crippen MR) is 155 cm³/mol. The third kappa shape index (κ3) is 5.82. The number of benzene rings is 4. The molecule has 188 valence electrons. The molecule has 0 saturated carbocycles. The Morgan fingerprint density at radius 2 is 1.68 bits per heavy atom. The molecule has 0 saturated heterocycles. The summed E-state index contributed by atoms with van der Waals surface area (Å²) in [7, 11) is 0. The van der Waals surface area contributed by atoms with Gasteiger partial charge in [0.2, 0.25) is 0 Å². The molecule has 5 rings (SSSR count). The number of hydrogen-bond donors (Lipinski definition) is 1. The minimum absolute atomic E-state index is 0.0331. The van der Waals surface area contributed by atoms with Crippen LogP contribution in [0.1, 0.15) is 21.5 Å². The Morgan fingerprint density at radius 3 is 2.50 bits per heavy atom. The number of aromatic nitrogens is 1. The first kappa shape index (κ1) is 25.8. The molecule has 0 aliphatic carbocycles. The molecule has 1 heterocycles. The fraction of sp³-hybridized carbons (Fsp3) is 0.0333. The van der Waals surface area contributed by atoms with Gasteiger partial charge in [0.15, 0.2) is 0 Å². The van der Waals surface area contributed by atoms with E-state index in [1.54, 1.807) is 30.3 Å². The van der Waals surface area contributed by atoms with Gasteiger partial charge in [0.1, 0.15) is 18.2 Å². The van der Waals surface area contributed by atoms with Gasteiger partial charge in [-0.15, -0.1) is 0 Å². The number of pyridine rings is 1. The highest BCUT2D eigenvalue weighted by molar-refractivity contribution is 9.11. The van der Waals surface area contributed by atoms with E-state index in [2.05, 4.69) is 42.4 Å². The lowest BCUT2D eigenvalue weighted by Crippen LogP contribution is -2.18. The van der Waals surface area contributed by atoms with E-state index in [1.165, 1.54) is 12.3 Å². The summed E-state index contributed by atoms with van der Waals surface area (Å²) < 4.78 is 21.5.